The fourth-order valence-corrected chi connectivity index (χ4v) is 2.19. The molecule has 0 radical (unpaired) electrons. The minimum atomic E-state index is -1.04. The standard InChI is InChI=1S/C13H21N3O3/c1-9(2)10-7-11(15-14-10)12(18)16-5-3-13(19,8-17)4-6-16/h7,9,17,19H,3-6,8H2,1-2H3,(H,14,15). The van der Waals surface area contributed by atoms with Crippen LogP contribution in [0.25, 0.3) is 0 Å². The maximum Gasteiger partial charge on any atom is 0.274 e. The third-order valence-corrected chi connectivity index (χ3v) is 3.71. The van der Waals surface area contributed by atoms with E-state index in [2.05, 4.69) is 10.2 Å². The Kier molecular flexibility index (Phi) is 3.91. The molecule has 0 aromatic carbocycles. The second kappa shape index (κ2) is 5.30. The number of nitrogens with zero attached hydrogens (tertiary/aromatic N) is 2. The third kappa shape index (κ3) is 2.96. The van der Waals surface area contributed by atoms with Crippen LogP contribution in [0.4, 0.5) is 0 Å². The summed E-state index contributed by atoms with van der Waals surface area (Å²) in [4.78, 5) is 13.9. The highest BCUT2D eigenvalue weighted by molar-refractivity contribution is 5.92. The number of rotatable bonds is 3. The van der Waals surface area contributed by atoms with Gasteiger partial charge in [0.15, 0.2) is 0 Å². The number of aliphatic hydroxyl groups excluding tert-OH is 1. The highest BCUT2D eigenvalue weighted by Crippen LogP contribution is 2.23. The van der Waals surface area contributed by atoms with E-state index in [1.54, 1.807) is 11.0 Å². The minimum Gasteiger partial charge on any atom is -0.393 e. The number of amides is 1. The summed E-state index contributed by atoms with van der Waals surface area (Å²) in [7, 11) is 0. The number of piperidine rings is 1. The lowest BCUT2D eigenvalue weighted by molar-refractivity contribution is -0.0546. The van der Waals surface area contributed by atoms with E-state index in [-0.39, 0.29) is 12.5 Å². The molecule has 0 saturated carbocycles. The van der Waals surface area contributed by atoms with Crippen molar-refractivity contribution in [1.82, 2.24) is 15.1 Å². The number of aromatic amines is 1. The van der Waals surface area contributed by atoms with Gasteiger partial charge in [-0.15, -0.1) is 0 Å². The second-order valence-electron chi connectivity index (χ2n) is 5.54. The van der Waals surface area contributed by atoms with Gasteiger partial charge in [0.1, 0.15) is 5.69 Å². The van der Waals surface area contributed by atoms with Crippen molar-refractivity contribution in [2.45, 2.75) is 38.2 Å². The van der Waals surface area contributed by atoms with Gasteiger partial charge >= 0.3 is 0 Å². The fraction of sp³-hybridized carbons (Fsp3) is 0.692. The summed E-state index contributed by atoms with van der Waals surface area (Å²) in [6, 6.07) is 1.78. The van der Waals surface area contributed by atoms with E-state index in [0.717, 1.165) is 5.69 Å². The smallest absolute Gasteiger partial charge is 0.274 e. The van der Waals surface area contributed by atoms with Crippen LogP contribution in [0.3, 0.4) is 0 Å². The fourth-order valence-electron chi connectivity index (χ4n) is 2.19. The van der Waals surface area contributed by atoms with E-state index < -0.39 is 5.60 Å². The molecular weight excluding hydrogens is 246 g/mol. The molecule has 1 aliphatic heterocycles. The molecule has 1 aromatic rings. The quantitative estimate of drug-likeness (QED) is 0.743. The molecule has 6 nitrogen and oxygen atoms in total. The van der Waals surface area contributed by atoms with Gasteiger partial charge in [-0.05, 0) is 24.8 Å². The van der Waals surface area contributed by atoms with Crippen molar-refractivity contribution in [3.63, 3.8) is 0 Å². The molecule has 1 saturated heterocycles. The zero-order valence-corrected chi connectivity index (χ0v) is 11.4. The van der Waals surface area contributed by atoms with Crippen LogP contribution in [0.15, 0.2) is 6.07 Å². The van der Waals surface area contributed by atoms with E-state index in [4.69, 9.17) is 5.11 Å². The molecular formula is C13H21N3O3. The molecule has 1 fully saturated rings. The molecule has 19 heavy (non-hydrogen) atoms. The van der Waals surface area contributed by atoms with Crippen molar-refractivity contribution in [2.24, 2.45) is 0 Å². The maximum absolute atomic E-state index is 12.2. The molecule has 2 heterocycles. The highest BCUT2D eigenvalue weighted by Gasteiger charge is 2.34. The van der Waals surface area contributed by atoms with Crippen LogP contribution in [0, 0.1) is 0 Å². The molecule has 0 aliphatic carbocycles. The molecule has 106 valence electrons. The number of aliphatic hydroxyl groups is 2. The average Bonchev–Trinajstić information content (AvgIpc) is 2.88. The van der Waals surface area contributed by atoms with E-state index in [1.807, 2.05) is 13.8 Å². The lowest BCUT2D eigenvalue weighted by Crippen LogP contribution is -2.48. The first-order valence-electron chi connectivity index (χ1n) is 6.63. The molecule has 3 N–H and O–H groups in total. The Morgan fingerprint density at radius 2 is 2.16 bits per heavy atom. The Labute approximate surface area is 112 Å². The normalized spacial score (nSPS) is 18.9. The lowest BCUT2D eigenvalue weighted by atomic mass is 9.92. The van der Waals surface area contributed by atoms with Gasteiger partial charge in [-0.2, -0.15) is 5.10 Å². The lowest BCUT2D eigenvalue weighted by Gasteiger charge is -2.36. The van der Waals surface area contributed by atoms with Crippen molar-refractivity contribution in [2.75, 3.05) is 19.7 Å². The molecule has 0 unspecified atom stereocenters. The van der Waals surface area contributed by atoms with Crippen molar-refractivity contribution < 1.29 is 15.0 Å². The van der Waals surface area contributed by atoms with Crippen LogP contribution in [-0.2, 0) is 0 Å². The van der Waals surface area contributed by atoms with Crippen LogP contribution in [-0.4, -0.2) is 56.5 Å². The van der Waals surface area contributed by atoms with Gasteiger partial charge in [0.25, 0.3) is 5.91 Å². The monoisotopic (exact) mass is 267 g/mol. The van der Waals surface area contributed by atoms with E-state index in [1.165, 1.54) is 0 Å². The highest BCUT2D eigenvalue weighted by atomic mass is 16.3. The van der Waals surface area contributed by atoms with Crippen molar-refractivity contribution in [1.29, 1.82) is 0 Å². The molecule has 0 bridgehead atoms. The number of likely N-dealkylation sites (tertiary alicyclic amines) is 1. The second-order valence-corrected chi connectivity index (χ2v) is 5.54. The summed E-state index contributed by atoms with van der Waals surface area (Å²) < 4.78 is 0. The first-order chi connectivity index (χ1) is 8.95. The van der Waals surface area contributed by atoms with E-state index >= 15 is 0 Å². The maximum atomic E-state index is 12.2. The van der Waals surface area contributed by atoms with Crippen LogP contribution in [0.5, 0.6) is 0 Å². The first-order valence-corrected chi connectivity index (χ1v) is 6.63. The Bertz CT molecular complexity index is 448. The van der Waals surface area contributed by atoms with Gasteiger partial charge in [0, 0.05) is 18.8 Å². The number of carbonyl (C=O) groups excluding carboxylic acids is 1. The molecule has 1 amide bonds. The number of aromatic nitrogens is 2. The van der Waals surface area contributed by atoms with Gasteiger partial charge in [-0.25, -0.2) is 0 Å². The van der Waals surface area contributed by atoms with E-state index in [9.17, 15) is 9.90 Å². The molecule has 1 aliphatic rings. The summed E-state index contributed by atoms with van der Waals surface area (Å²) >= 11 is 0. The summed E-state index contributed by atoms with van der Waals surface area (Å²) in [6.07, 6.45) is 0.799. The molecule has 0 spiro atoms. The predicted molar refractivity (Wildman–Crippen MR) is 69.8 cm³/mol. The summed E-state index contributed by atoms with van der Waals surface area (Å²) in [6.45, 7) is 4.70. The average molecular weight is 267 g/mol. The largest absolute Gasteiger partial charge is 0.393 e. The Morgan fingerprint density at radius 1 is 1.53 bits per heavy atom. The Hall–Kier alpha value is -1.40. The Morgan fingerprint density at radius 3 is 2.63 bits per heavy atom. The Balaban J connectivity index is 2.01. The van der Waals surface area contributed by atoms with Crippen LogP contribution in [0.2, 0.25) is 0 Å². The van der Waals surface area contributed by atoms with Crippen LogP contribution in [0.1, 0.15) is 48.8 Å². The third-order valence-electron chi connectivity index (χ3n) is 3.71. The predicted octanol–water partition coefficient (Wildman–Crippen LogP) is 0.493. The summed E-state index contributed by atoms with van der Waals surface area (Å²) in [5, 5.41) is 25.9. The van der Waals surface area contributed by atoms with Crippen LogP contribution < -0.4 is 0 Å². The van der Waals surface area contributed by atoms with Crippen LogP contribution >= 0.6 is 0 Å². The van der Waals surface area contributed by atoms with Gasteiger partial charge < -0.3 is 15.1 Å². The van der Waals surface area contributed by atoms with Gasteiger partial charge in [-0.1, -0.05) is 13.8 Å². The zero-order valence-electron chi connectivity index (χ0n) is 11.4. The SMILES string of the molecule is CC(C)c1cc(C(=O)N2CCC(O)(CO)CC2)n[nH]1. The number of nitrogens with one attached hydrogen (secondary N) is 1. The minimum absolute atomic E-state index is 0.122. The van der Waals surface area contributed by atoms with Crippen molar-refractivity contribution in [3.05, 3.63) is 17.5 Å². The number of hydrogen-bond acceptors (Lipinski definition) is 4. The topological polar surface area (TPSA) is 89.5 Å². The number of H-pyrrole nitrogens is 1. The summed E-state index contributed by atoms with van der Waals surface area (Å²) in [5.41, 5.74) is 0.316. The number of hydrogen-bond donors (Lipinski definition) is 3. The zero-order chi connectivity index (χ0) is 14.0. The molecule has 0 atom stereocenters. The summed E-state index contributed by atoms with van der Waals surface area (Å²) in [5.74, 6) is 0.179. The van der Waals surface area contributed by atoms with E-state index in [0.29, 0.717) is 37.5 Å². The van der Waals surface area contributed by atoms with Crippen molar-refractivity contribution in [3.8, 4) is 0 Å². The molecule has 1 aromatic heterocycles. The van der Waals surface area contributed by atoms with Gasteiger partial charge in [0.2, 0.25) is 0 Å². The molecule has 2 rings (SSSR count). The van der Waals surface area contributed by atoms with Crippen molar-refractivity contribution >= 4 is 5.91 Å². The first kappa shape index (κ1) is 14.0. The molecule has 6 heteroatoms. The van der Waals surface area contributed by atoms with Gasteiger partial charge in [0.05, 0.1) is 12.2 Å². The number of carbonyl (C=O) groups is 1. The van der Waals surface area contributed by atoms with Gasteiger partial charge in [-0.3, -0.25) is 9.89 Å².